The highest BCUT2D eigenvalue weighted by Gasteiger charge is 2.10. The van der Waals surface area contributed by atoms with Crippen LogP contribution in [0.1, 0.15) is 18.1 Å². The summed E-state index contributed by atoms with van der Waals surface area (Å²) in [5.74, 6) is 0.704. The number of halogens is 1. The zero-order valence-electron chi connectivity index (χ0n) is 7.05. The molecule has 12 heavy (non-hydrogen) atoms. The summed E-state index contributed by atoms with van der Waals surface area (Å²) in [6, 6.07) is 6.55. The molecule has 0 saturated heterocycles. The molecule has 1 heteroatoms. The predicted molar refractivity (Wildman–Crippen MR) is 61.1 cm³/mol. The van der Waals surface area contributed by atoms with Crippen molar-refractivity contribution in [2.75, 3.05) is 0 Å². The van der Waals surface area contributed by atoms with Crippen LogP contribution in [-0.2, 0) is 6.42 Å². The Morgan fingerprint density at radius 2 is 2.25 bits per heavy atom. The molecule has 1 aromatic carbocycles. The van der Waals surface area contributed by atoms with Gasteiger partial charge in [0, 0.05) is 3.57 Å². The van der Waals surface area contributed by atoms with E-state index in [-0.39, 0.29) is 0 Å². The summed E-state index contributed by atoms with van der Waals surface area (Å²) in [6.45, 7) is 2.26. The van der Waals surface area contributed by atoms with Gasteiger partial charge in [0.2, 0.25) is 0 Å². The topological polar surface area (TPSA) is 0 Å². The summed E-state index contributed by atoms with van der Waals surface area (Å²) in [4.78, 5) is 0. The van der Waals surface area contributed by atoms with E-state index in [1.807, 2.05) is 0 Å². The fourth-order valence-electron chi connectivity index (χ4n) is 1.62. The van der Waals surface area contributed by atoms with Gasteiger partial charge in [-0.25, -0.2) is 0 Å². The van der Waals surface area contributed by atoms with E-state index < -0.39 is 0 Å². The summed E-state index contributed by atoms with van der Waals surface area (Å²) >= 11 is 2.40. The minimum atomic E-state index is 0.704. The highest BCUT2D eigenvalue weighted by Crippen LogP contribution is 2.26. The Kier molecular flexibility index (Phi) is 2.22. The first-order chi connectivity index (χ1) is 5.77. The molecule has 1 aromatic rings. The van der Waals surface area contributed by atoms with Crippen LogP contribution in [0.4, 0.5) is 0 Å². The lowest BCUT2D eigenvalue weighted by atomic mass is 9.91. The molecule has 0 aromatic heterocycles. The van der Waals surface area contributed by atoms with E-state index >= 15 is 0 Å². The van der Waals surface area contributed by atoms with E-state index in [2.05, 4.69) is 59.9 Å². The molecule has 62 valence electrons. The lowest BCUT2D eigenvalue weighted by Crippen LogP contribution is -2.03. The van der Waals surface area contributed by atoms with Crippen molar-refractivity contribution in [2.24, 2.45) is 5.92 Å². The summed E-state index contributed by atoms with van der Waals surface area (Å²) < 4.78 is 1.37. The maximum atomic E-state index is 2.40. The molecule has 0 N–H and O–H groups in total. The van der Waals surface area contributed by atoms with Gasteiger partial charge in [0.25, 0.3) is 0 Å². The minimum Gasteiger partial charge on any atom is -0.0807 e. The molecule has 0 heterocycles. The second kappa shape index (κ2) is 3.21. The second-order valence-electron chi connectivity index (χ2n) is 3.35. The first kappa shape index (κ1) is 8.30. The zero-order valence-corrected chi connectivity index (χ0v) is 9.21. The van der Waals surface area contributed by atoms with Crippen molar-refractivity contribution >= 4 is 28.7 Å². The summed E-state index contributed by atoms with van der Waals surface area (Å²) in [7, 11) is 0. The second-order valence-corrected chi connectivity index (χ2v) is 4.52. The fourth-order valence-corrected chi connectivity index (χ4v) is 2.36. The van der Waals surface area contributed by atoms with Gasteiger partial charge < -0.3 is 0 Å². The van der Waals surface area contributed by atoms with Crippen LogP contribution in [0.15, 0.2) is 24.3 Å². The third-order valence-electron chi connectivity index (χ3n) is 2.28. The third-order valence-corrected chi connectivity index (χ3v) is 3.22. The smallest absolute Gasteiger partial charge is 0.0205 e. The quantitative estimate of drug-likeness (QED) is 0.633. The van der Waals surface area contributed by atoms with E-state index in [0.29, 0.717) is 5.92 Å². The molecule has 0 nitrogen and oxygen atoms in total. The van der Waals surface area contributed by atoms with Crippen molar-refractivity contribution in [3.63, 3.8) is 0 Å². The van der Waals surface area contributed by atoms with Crippen LogP contribution >= 0.6 is 22.6 Å². The van der Waals surface area contributed by atoms with Crippen LogP contribution in [0.25, 0.3) is 6.08 Å². The molecule has 1 atom stereocenters. The fraction of sp³-hybridized carbons (Fsp3) is 0.273. The van der Waals surface area contributed by atoms with Crippen molar-refractivity contribution in [3.8, 4) is 0 Å². The summed E-state index contributed by atoms with van der Waals surface area (Å²) in [5, 5.41) is 0. The van der Waals surface area contributed by atoms with Gasteiger partial charge in [0.1, 0.15) is 0 Å². The summed E-state index contributed by atoms with van der Waals surface area (Å²) in [5.41, 5.74) is 2.92. The molecule has 0 amide bonds. The van der Waals surface area contributed by atoms with Gasteiger partial charge >= 0.3 is 0 Å². The van der Waals surface area contributed by atoms with Crippen LogP contribution in [0.5, 0.6) is 0 Å². The number of hydrogen-bond acceptors (Lipinski definition) is 0. The number of fused-ring (bicyclic) bond motifs is 1. The van der Waals surface area contributed by atoms with E-state index in [1.165, 1.54) is 21.1 Å². The molecule has 0 radical (unpaired) electrons. The van der Waals surface area contributed by atoms with Crippen molar-refractivity contribution < 1.29 is 0 Å². The molecule has 0 fully saturated rings. The number of rotatable bonds is 0. The average molecular weight is 270 g/mol. The van der Waals surface area contributed by atoms with Crippen LogP contribution in [0.2, 0.25) is 0 Å². The molecule has 1 aliphatic rings. The Morgan fingerprint density at radius 3 is 3.08 bits per heavy atom. The largest absolute Gasteiger partial charge is 0.0807 e. The Balaban J connectivity index is 2.53. The number of hydrogen-bond donors (Lipinski definition) is 0. The van der Waals surface area contributed by atoms with Crippen LogP contribution in [-0.4, -0.2) is 0 Å². The maximum absolute atomic E-state index is 2.40. The van der Waals surface area contributed by atoms with Gasteiger partial charge in [0.15, 0.2) is 0 Å². The zero-order chi connectivity index (χ0) is 8.55. The van der Waals surface area contributed by atoms with Gasteiger partial charge in [-0.3, -0.25) is 0 Å². The lowest BCUT2D eigenvalue weighted by molar-refractivity contribution is 0.716. The Bertz CT molecular complexity index is 326. The molecule has 0 bridgehead atoms. The SMILES string of the molecule is CC1C=Cc2c(I)cccc2C1. The van der Waals surface area contributed by atoms with E-state index in [9.17, 15) is 0 Å². The van der Waals surface area contributed by atoms with Gasteiger partial charge in [-0.2, -0.15) is 0 Å². The average Bonchev–Trinajstić information content (AvgIpc) is 2.04. The maximum Gasteiger partial charge on any atom is 0.0205 e. The summed E-state index contributed by atoms with van der Waals surface area (Å²) in [6.07, 6.45) is 5.75. The van der Waals surface area contributed by atoms with Crippen LogP contribution in [0.3, 0.4) is 0 Å². The van der Waals surface area contributed by atoms with Crippen molar-refractivity contribution in [2.45, 2.75) is 13.3 Å². The highest BCUT2D eigenvalue weighted by atomic mass is 127. The molecular formula is C11H11I. The van der Waals surface area contributed by atoms with Gasteiger partial charge in [-0.15, -0.1) is 0 Å². The first-order valence-corrected chi connectivity index (χ1v) is 5.31. The molecule has 2 rings (SSSR count). The van der Waals surface area contributed by atoms with Gasteiger partial charge in [-0.1, -0.05) is 31.2 Å². The van der Waals surface area contributed by atoms with E-state index in [4.69, 9.17) is 0 Å². The molecule has 0 aliphatic heterocycles. The highest BCUT2D eigenvalue weighted by molar-refractivity contribution is 14.1. The molecule has 0 spiro atoms. The van der Waals surface area contributed by atoms with E-state index in [1.54, 1.807) is 0 Å². The molecule has 0 saturated carbocycles. The molecule has 1 aliphatic carbocycles. The Morgan fingerprint density at radius 1 is 1.42 bits per heavy atom. The van der Waals surface area contributed by atoms with Gasteiger partial charge in [-0.05, 0) is 52.1 Å². The Hall–Kier alpha value is -0.310. The normalized spacial score (nSPS) is 20.7. The third kappa shape index (κ3) is 1.42. The van der Waals surface area contributed by atoms with Crippen LogP contribution < -0.4 is 0 Å². The Labute approximate surface area is 86.8 Å². The van der Waals surface area contributed by atoms with Crippen molar-refractivity contribution in [1.29, 1.82) is 0 Å². The minimum absolute atomic E-state index is 0.704. The first-order valence-electron chi connectivity index (χ1n) is 4.23. The monoisotopic (exact) mass is 270 g/mol. The molecular weight excluding hydrogens is 259 g/mol. The lowest BCUT2D eigenvalue weighted by Gasteiger charge is -2.16. The van der Waals surface area contributed by atoms with Crippen LogP contribution in [0, 0.1) is 9.49 Å². The number of allylic oxidation sites excluding steroid dienone is 1. The number of benzene rings is 1. The van der Waals surface area contributed by atoms with Crippen molar-refractivity contribution in [1.82, 2.24) is 0 Å². The van der Waals surface area contributed by atoms with E-state index in [0.717, 1.165) is 0 Å². The standard InChI is InChI=1S/C11H11I/c1-8-5-6-10-9(7-8)3-2-4-11(10)12/h2-6,8H,7H2,1H3. The van der Waals surface area contributed by atoms with Crippen molar-refractivity contribution in [3.05, 3.63) is 39.0 Å². The molecule has 1 unspecified atom stereocenters. The predicted octanol–water partition coefficient (Wildman–Crippen LogP) is 3.50. The van der Waals surface area contributed by atoms with Gasteiger partial charge in [0.05, 0.1) is 0 Å².